The summed E-state index contributed by atoms with van der Waals surface area (Å²) in [7, 11) is -9.39. The summed E-state index contributed by atoms with van der Waals surface area (Å²) in [5, 5.41) is 0. The van der Waals surface area contributed by atoms with E-state index in [9.17, 15) is 37.9 Å². The first-order valence-electron chi connectivity index (χ1n) is 18.5. The van der Waals surface area contributed by atoms with Crippen molar-refractivity contribution in [2.45, 2.75) is 76.2 Å². The van der Waals surface area contributed by atoms with Gasteiger partial charge >= 0.3 is 11.9 Å². The van der Waals surface area contributed by atoms with Crippen LogP contribution in [0.5, 0.6) is 0 Å². The molecule has 4 rings (SSSR count). The van der Waals surface area contributed by atoms with Gasteiger partial charge in [-0.2, -0.15) is 0 Å². The molecule has 1 unspecified atom stereocenters. The van der Waals surface area contributed by atoms with E-state index in [1.807, 2.05) is 27.7 Å². The van der Waals surface area contributed by atoms with Crippen LogP contribution < -0.4 is 0 Å². The van der Waals surface area contributed by atoms with Crippen LogP contribution in [0.1, 0.15) is 103 Å². The molecule has 0 amide bonds. The third-order valence-corrected chi connectivity index (χ3v) is 14.9. The first-order valence-corrected chi connectivity index (χ1v) is 22.3. The molecule has 0 aliphatic rings. The van der Waals surface area contributed by atoms with Crippen LogP contribution in [0.3, 0.4) is 0 Å². The minimum atomic E-state index is -4.71. The molecule has 0 radical (unpaired) electrons. The number of benzene rings is 4. The summed E-state index contributed by atoms with van der Waals surface area (Å²) >= 11 is 0. The molecular formula is C45H50O10P2. The monoisotopic (exact) mass is 812 g/mol. The quantitative estimate of drug-likeness (QED) is 0.0644. The van der Waals surface area contributed by atoms with E-state index in [4.69, 9.17) is 9.47 Å². The first-order chi connectivity index (χ1) is 26.5. The van der Waals surface area contributed by atoms with Crippen molar-refractivity contribution in [2.75, 3.05) is 25.5 Å². The summed E-state index contributed by atoms with van der Waals surface area (Å²) in [5.74, 6) is -2.29. The van der Waals surface area contributed by atoms with Gasteiger partial charge in [0.05, 0.1) is 0 Å². The lowest BCUT2D eigenvalue weighted by molar-refractivity contribution is -0.149. The summed E-state index contributed by atoms with van der Waals surface area (Å²) in [6.45, 7) is 17.8. The fourth-order valence-corrected chi connectivity index (χ4v) is 12.2. The Morgan fingerprint density at radius 2 is 0.684 bits per heavy atom. The number of rotatable bonds is 15. The molecule has 0 spiro atoms. The van der Waals surface area contributed by atoms with Gasteiger partial charge in [-0.3, -0.25) is 28.8 Å². The molecule has 0 aromatic heterocycles. The van der Waals surface area contributed by atoms with E-state index in [0.29, 0.717) is 38.9 Å². The number of hydrogen-bond donors (Lipinski definition) is 0. The Balaban J connectivity index is 1.57. The molecule has 0 fully saturated rings. The predicted octanol–water partition coefficient (Wildman–Crippen LogP) is 9.55. The van der Waals surface area contributed by atoms with Gasteiger partial charge in [-0.15, -0.1) is 0 Å². The molecule has 300 valence electrons. The van der Waals surface area contributed by atoms with E-state index >= 15 is 0 Å². The van der Waals surface area contributed by atoms with Crippen LogP contribution in [0.2, 0.25) is 0 Å². The second-order valence-electron chi connectivity index (χ2n) is 15.1. The van der Waals surface area contributed by atoms with Gasteiger partial charge in [-0.1, -0.05) is 76.9 Å². The summed E-state index contributed by atoms with van der Waals surface area (Å²) in [6, 6.07) is 15.2. The molecule has 0 aliphatic carbocycles. The molecule has 0 N–H and O–H groups in total. The van der Waals surface area contributed by atoms with Gasteiger partial charge in [0.2, 0.25) is 36.4 Å². The maximum absolute atomic E-state index is 14.8. The van der Waals surface area contributed by atoms with E-state index in [0.717, 1.165) is 22.3 Å². The molecule has 57 heavy (non-hydrogen) atoms. The summed E-state index contributed by atoms with van der Waals surface area (Å²) < 4.78 is 40.0. The summed E-state index contributed by atoms with van der Waals surface area (Å²) in [5.41, 5.74) is 3.37. The van der Waals surface area contributed by atoms with E-state index in [1.165, 1.54) is 6.07 Å². The number of aryl methyl sites for hydroxylation is 11. The van der Waals surface area contributed by atoms with Crippen LogP contribution in [0, 0.1) is 76.2 Å². The molecular weight excluding hydrogens is 762 g/mol. The van der Waals surface area contributed by atoms with Gasteiger partial charge in [0.15, 0.2) is 0 Å². The molecule has 1 atom stereocenters. The lowest BCUT2D eigenvalue weighted by Crippen LogP contribution is -2.24. The van der Waals surface area contributed by atoms with Crippen molar-refractivity contribution in [3.8, 4) is 0 Å². The molecule has 0 aliphatic heterocycles. The largest absolute Gasteiger partial charge is 0.462 e. The molecule has 12 heteroatoms. The number of hydrogen-bond acceptors (Lipinski definition) is 10. The third-order valence-electron chi connectivity index (χ3n) is 9.91. The van der Waals surface area contributed by atoms with E-state index in [1.54, 1.807) is 97.0 Å². The first kappa shape index (κ1) is 44.7. The predicted molar refractivity (Wildman–Crippen MR) is 222 cm³/mol. The maximum Gasteiger partial charge on any atom is 0.314 e. The smallest absolute Gasteiger partial charge is 0.314 e. The fourth-order valence-electron chi connectivity index (χ4n) is 7.58. The lowest BCUT2D eigenvalue weighted by Gasteiger charge is -2.21. The molecule has 0 bridgehead atoms. The minimum Gasteiger partial charge on any atom is -0.462 e. The van der Waals surface area contributed by atoms with E-state index in [-0.39, 0.29) is 22.3 Å². The van der Waals surface area contributed by atoms with Crippen molar-refractivity contribution in [3.05, 3.63) is 138 Å². The van der Waals surface area contributed by atoms with Gasteiger partial charge in [-0.05, 0) is 115 Å². The van der Waals surface area contributed by atoms with Crippen molar-refractivity contribution in [1.82, 2.24) is 0 Å². The SMILES string of the molecule is Cc1ccc(C(=O)P(=O)(CC(=O)OCCOC(=O)CP(=O)(C(=O)c2c(C)cc(C)cc2C)C(=O)c2c(C)cc(C)cc2C)C(=O)c2c(C)cc(C)cc2C)c(C)c1. The molecule has 4 aromatic carbocycles. The Kier molecular flexibility index (Phi) is 13.8. The minimum absolute atomic E-state index is 0.0435. The highest BCUT2D eigenvalue weighted by atomic mass is 31.2. The highest BCUT2D eigenvalue weighted by Crippen LogP contribution is 2.55. The number of esters is 2. The van der Waals surface area contributed by atoms with Crippen LogP contribution in [0.15, 0.2) is 54.6 Å². The number of carbonyl (C=O) groups excluding carboxylic acids is 6. The summed E-state index contributed by atoms with van der Waals surface area (Å²) in [6.07, 6.45) is -2.08. The molecule has 0 saturated carbocycles. The van der Waals surface area contributed by atoms with Crippen molar-refractivity contribution in [1.29, 1.82) is 0 Å². The highest BCUT2D eigenvalue weighted by Gasteiger charge is 2.46. The van der Waals surface area contributed by atoms with Crippen molar-refractivity contribution < 1.29 is 47.4 Å². The topological polar surface area (TPSA) is 155 Å². The van der Waals surface area contributed by atoms with Crippen LogP contribution in [0.4, 0.5) is 0 Å². The molecule has 0 saturated heterocycles. The Morgan fingerprint density at radius 3 is 0.982 bits per heavy atom. The van der Waals surface area contributed by atoms with Gasteiger partial charge < -0.3 is 18.6 Å². The molecule has 4 aromatic rings. The summed E-state index contributed by atoms with van der Waals surface area (Å²) in [4.78, 5) is 83.0. The maximum atomic E-state index is 14.8. The van der Waals surface area contributed by atoms with Crippen LogP contribution in [-0.2, 0) is 28.2 Å². The van der Waals surface area contributed by atoms with Crippen molar-refractivity contribution >= 4 is 48.3 Å². The average Bonchev–Trinajstić information content (AvgIpc) is 3.08. The Hall–Kier alpha value is -5.04. The van der Waals surface area contributed by atoms with Crippen LogP contribution >= 0.6 is 14.3 Å². The standard InChI is InChI=1S/C45H50O10P2/c1-25-12-13-36(29(5)16-25)42(48)56(52,43(49)39-30(6)17-26(2)18-31(39)7)23-37(46)54-14-15-55-38(47)24-57(53,44(50)40-32(8)19-27(3)20-33(40)9)45(51)41-34(10)21-28(4)22-35(41)11/h12-13,16-22H,14-15,23-24H2,1-11H3. The Bertz CT molecular complexity index is 2310. The third kappa shape index (κ3) is 9.57. The van der Waals surface area contributed by atoms with Crippen LogP contribution in [0.25, 0.3) is 0 Å². The molecule has 0 heterocycles. The molecule has 10 nitrogen and oxygen atoms in total. The zero-order valence-corrected chi connectivity index (χ0v) is 36.3. The zero-order chi connectivity index (χ0) is 42.7. The van der Waals surface area contributed by atoms with E-state index < -0.39 is 73.9 Å². The van der Waals surface area contributed by atoms with Crippen molar-refractivity contribution in [2.24, 2.45) is 0 Å². The Labute approximate surface area is 334 Å². The van der Waals surface area contributed by atoms with Gasteiger partial charge in [0.25, 0.3) is 0 Å². The van der Waals surface area contributed by atoms with Gasteiger partial charge in [0.1, 0.15) is 25.5 Å². The van der Waals surface area contributed by atoms with Crippen molar-refractivity contribution in [3.63, 3.8) is 0 Å². The van der Waals surface area contributed by atoms with Gasteiger partial charge in [0, 0.05) is 22.3 Å². The van der Waals surface area contributed by atoms with Gasteiger partial charge in [-0.25, -0.2) is 0 Å². The Morgan fingerprint density at radius 1 is 0.404 bits per heavy atom. The van der Waals surface area contributed by atoms with E-state index in [2.05, 4.69) is 0 Å². The second-order valence-corrected chi connectivity index (χ2v) is 20.3. The normalized spacial score (nSPS) is 12.4. The lowest BCUT2D eigenvalue weighted by atomic mass is 10.0. The van der Waals surface area contributed by atoms with Crippen LogP contribution in [-0.4, -0.2) is 59.6 Å². The average molecular weight is 813 g/mol. The zero-order valence-electron chi connectivity index (χ0n) is 34.5. The number of ether oxygens (including phenoxy) is 2. The fraction of sp³-hybridized carbons (Fsp3) is 0.333. The second kappa shape index (κ2) is 17.6. The highest BCUT2D eigenvalue weighted by molar-refractivity contribution is 7.96. The number of carbonyl (C=O) groups is 6.